The van der Waals surface area contributed by atoms with Crippen molar-refractivity contribution in [2.45, 2.75) is 432 Å². The van der Waals surface area contributed by atoms with E-state index in [0.717, 1.165) is 96.3 Å². The first kappa shape index (κ1) is 95.1. The predicted octanol–water partition coefficient (Wildman–Crippen LogP) is 23.3. The molecule has 0 saturated carbocycles. The zero-order valence-electron chi connectivity index (χ0n) is 63.2. The molecular weight excluding hydrogens is 1270 g/mol. The molecule has 0 bridgehead atoms. The lowest BCUT2D eigenvalue weighted by Crippen LogP contribution is -2.30. The average Bonchev–Trinajstić information content (AvgIpc) is 1.10. The maximum Gasteiger partial charge on any atom is 0.472 e. The Labute approximate surface area is 594 Å². The third kappa shape index (κ3) is 72.2. The summed E-state index contributed by atoms with van der Waals surface area (Å²) in [6.07, 6.45) is 61.4. The van der Waals surface area contributed by atoms with Crippen LogP contribution in [0.1, 0.15) is 413 Å². The van der Waals surface area contributed by atoms with Gasteiger partial charge in [0, 0.05) is 25.7 Å². The Hall–Kier alpha value is -1.94. The smallest absolute Gasteiger partial charge is 0.462 e. The number of carbonyl (C=O) groups is 4. The summed E-state index contributed by atoms with van der Waals surface area (Å²) >= 11 is 0. The van der Waals surface area contributed by atoms with Crippen molar-refractivity contribution < 1.29 is 80.2 Å². The van der Waals surface area contributed by atoms with Crippen LogP contribution in [0.4, 0.5) is 0 Å². The van der Waals surface area contributed by atoms with E-state index in [1.807, 2.05) is 0 Å². The first-order valence-electron chi connectivity index (χ1n) is 40.6. The van der Waals surface area contributed by atoms with Gasteiger partial charge in [-0.2, -0.15) is 0 Å². The van der Waals surface area contributed by atoms with Crippen LogP contribution < -0.4 is 0 Å². The summed E-state index contributed by atoms with van der Waals surface area (Å²) in [5, 5.41) is 10.6. The Morgan fingerprint density at radius 3 is 0.701 bits per heavy atom. The Bertz CT molecular complexity index is 1860. The summed E-state index contributed by atoms with van der Waals surface area (Å²) in [5.41, 5.74) is 0. The van der Waals surface area contributed by atoms with Crippen LogP contribution in [0.15, 0.2) is 0 Å². The number of carbonyl (C=O) groups excluding carboxylic acids is 4. The van der Waals surface area contributed by atoms with Gasteiger partial charge in [0.1, 0.15) is 19.3 Å². The first-order valence-corrected chi connectivity index (χ1v) is 43.6. The topological polar surface area (TPSA) is 237 Å². The molecule has 0 fully saturated rings. The molecule has 0 spiro atoms. The summed E-state index contributed by atoms with van der Waals surface area (Å²) in [7, 11) is -9.91. The van der Waals surface area contributed by atoms with Crippen molar-refractivity contribution in [1.82, 2.24) is 0 Å². The van der Waals surface area contributed by atoms with E-state index < -0.39 is 97.5 Å². The van der Waals surface area contributed by atoms with Crippen LogP contribution in [0.2, 0.25) is 0 Å². The van der Waals surface area contributed by atoms with Crippen LogP contribution in [0.25, 0.3) is 0 Å². The van der Waals surface area contributed by atoms with Crippen molar-refractivity contribution in [3.63, 3.8) is 0 Å². The van der Waals surface area contributed by atoms with Crippen LogP contribution in [-0.2, 0) is 65.4 Å². The molecule has 0 aromatic rings. The minimum absolute atomic E-state index is 0.104. The molecule has 0 aromatic heterocycles. The Kier molecular flexibility index (Phi) is 69.6. The lowest BCUT2D eigenvalue weighted by Gasteiger charge is -2.21. The number of esters is 4. The number of aliphatic hydroxyl groups is 1. The molecular formula is C78H152O17P2. The molecule has 0 aliphatic carbocycles. The Morgan fingerprint density at radius 1 is 0.278 bits per heavy atom. The lowest BCUT2D eigenvalue weighted by molar-refractivity contribution is -0.161. The van der Waals surface area contributed by atoms with Crippen molar-refractivity contribution >= 4 is 39.5 Å². The second-order valence-corrected chi connectivity index (χ2v) is 31.5. The van der Waals surface area contributed by atoms with E-state index in [1.54, 1.807) is 0 Å². The fourth-order valence-electron chi connectivity index (χ4n) is 12.1. The van der Waals surface area contributed by atoms with Gasteiger partial charge in [0.15, 0.2) is 12.2 Å². The molecule has 0 aliphatic heterocycles. The van der Waals surface area contributed by atoms with E-state index in [1.165, 1.54) is 231 Å². The number of unbranched alkanes of at least 4 members (excludes halogenated alkanes) is 50. The second-order valence-electron chi connectivity index (χ2n) is 28.6. The van der Waals surface area contributed by atoms with Crippen molar-refractivity contribution in [1.29, 1.82) is 0 Å². The Balaban J connectivity index is 5.16. The van der Waals surface area contributed by atoms with Gasteiger partial charge in [-0.1, -0.05) is 362 Å². The van der Waals surface area contributed by atoms with E-state index in [2.05, 4.69) is 34.6 Å². The summed E-state index contributed by atoms with van der Waals surface area (Å²) in [4.78, 5) is 72.7. The van der Waals surface area contributed by atoms with Crippen molar-refractivity contribution in [3.05, 3.63) is 0 Å². The molecule has 2 unspecified atom stereocenters. The normalized spacial score (nSPS) is 13.9. The van der Waals surface area contributed by atoms with Crippen LogP contribution in [0.5, 0.6) is 0 Å². The third-order valence-corrected chi connectivity index (χ3v) is 20.2. The first-order chi connectivity index (χ1) is 47.0. The average molecular weight is 1420 g/mol. The molecule has 0 aromatic carbocycles. The largest absolute Gasteiger partial charge is 0.472 e. The molecule has 0 amide bonds. The van der Waals surface area contributed by atoms with Crippen LogP contribution in [0, 0.1) is 5.92 Å². The van der Waals surface area contributed by atoms with Gasteiger partial charge in [-0.05, 0) is 31.6 Å². The zero-order chi connectivity index (χ0) is 71.2. The van der Waals surface area contributed by atoms with E-state index in [9.17, 15) is 43.2 Å². The third-order valence-electron chi connectivity index (χ3n) is 18.3. The summed E-state index contributed by atoms with van der Waals surface area (Å²) in [6, 6.07) is 0. The van der Waals surface area contributed by atoms with Gasteiger partial charge >= 0.3 is 39.5 Å². The molecule has 0 aliphatic rings. The highest BCUT2D eigenvalue weighted by molar-refractivity contribution is 7.47. The van der Waals surface area contributed by atoms with E-state index in [0.29, 0.717) is 31.6 Å². The lowest BCUT2D eigenvalue weighted by atomic mass is 10.0. The van der Waals surface area contributed by atoms with Gasteiger partial charge in [-0.25, -0.2) is 9.13 Å². The number of phosphoric acid groups is 2. The summed E-state index contributed by atoms with van der Waals surface area (Å²) < 4.78 is 68.5. The molecule has 5 atom stereocenters. The van der Waals surface area contributed by atoms with Crippen molar-refractivity contribution in [2.24, 2.45) is 5.92 Å². The fourth-order valence-corrected chi connectivity index (χ4v) is 13.6. The molecule has 0 rings (SSSR count). The number of ether oxygens (including phenoxy) is 4. The minimum Gasteiger partial charge on any atom is -0.462 e. The SMILES string of the molecule is CCCCCCCCCCCCCCCCCCCCCCCC(=O)O[C@H](COC(=O)CCCCCCCCCCCCCCCCCCCC)COP(=O)(O)OC[C@@H](O)COP(=O)(O)OC[C@@H](COC(=O)CCCCCCCCCC)OC(=O)CCCCCCCCCC(C)C. The quantitative estimate of drug-likeness (QED) is 0.0222. The maximum atomic E-state index is 13.1. The fraction of sp³-hybridized carbons (Fsp3) is 0.949. The number of phosphoric ester groups is 2. The van der Waals surface area contributed by atoms with E-state index >= 15 is 0 Å². The zero-order valence-corrected chi connectivity index (χ0v) is 65.0. The van der Waals surface area contributed by atoms with Gasteiger partial charge in [0.25, 0.3) is 0 Å². The minimum atomic E-state index is -4.96. The standard InChI is InChI=1S/C78H152O17P2/c1-6-9-12-15-18-21-23-25-27-29-31-32-33-35-37-39-41-43-48-53-58-63-77(82)94-73(68-89-76(81)62-57-52-47-42-40-38-36-34-30-28-26-24-22-19-16-13-10-7-2)69-92-96(84,85)90-65-72(79)66-91-97(86,87)93-70-74(67-88-75(80)61-56-51-46-20-17-14-11-8-3)95-78(83)64-59-54-49-44-45-50-55-60-71(4)5/h71-74,79H,6-70H2,1-5H3,(H,84,85)(H,86,87)/t72-,73-,74-/m1/s1. The molecule has 97 heavy (non-hydrogen) atoms. The van der Waals surface area contributed by atoms with Crippen LogP contribution in [0.3, 0.4) is 0 Å². The molecule has 576 valence electrons. The molecule has 0 heterocycles. The maximum absolute atomic E-state index is 13.1. The van der Waals surface area contributed by atoms with Crippen LogP contribution >= 0.6 is 15.6 Å². The van der Waals surface area contributed by atoms with Crippen molar-refractivity contribution in [3.8, 4) is 0 Å². The highest BCUT2D eigenvalue weighted by Gasteiger charge is 2.30. The monoisotopic (exact) mass is 1420 g/mol. The van der Waals surface area contributed by atoms with Gasteiger partial charge in [-0.3, -0.25) is 37.3 Å². The van der Waals surface area contributed by atoms with Gasteiger partial charge in [0.05, 0.1) is 26.4 Å². The number of hydrogen-bond acceptors (Lipinski definition) is 15. The number of rotatable bonds is 78. The second kappa shape index (κ2) is 71.1. The molecule has 17 nitrogen and oxygen atoms in total. The molecule has 0 saturated heterocycles. The molecule has 0 radical (unpaired) electrons. The summed E-state index contributed by atoms with van der Waals surface area (Å²) in [6.45, 7) is 7.21. The number of hydrogen-bond donors (Lipinski definition) is 3. The predicted molar refractivity (Wildman–Crippen MR) is 395 cm³/mol. The highest BCUT2D eigenvalue weighted by Crippen LogP contribution is 2.45. The highest BCUT2D eigenvalue weighted by atomic mass is 31.2. The van der Waals surface area contributed by atoms with Crippen LogP contribution in [-0.4, -0.2) is 96.7 Å². The van der Waals surface area contributed by atoms with E-state index in [4.69, 9.17) is 37.0 Å². The van der Waals surface area contributed by atoms with Gasteiger partial charge in [0.2, 0.25) is 0 Å². The van der Waals surface area contributed by atoms with Gasteiger partial charge in [-0.15, -0.1) is 0 Å². The molecule has 3 N–H and O–H groups in total. The van der Waals surface area contributed by atoms with Crippen molar-refractivity contribution in [2.75, 3.05) is 39.6 Å². The van der Waals surface area contributed by atoms with Gasteiger partial charge < -0.3 is 33.8 Å². The number of aliphatic hydroxyl groups excluding tert-OH is 1. The molecule has 19 heteroatoms. The summed E-state index contributed by atoms with van der Waals surface area (Å²) in [5.74, 6) is -1.42. The van der Waals surface area contributed by atoms with E-state index in [-0.39, 0.29) is 25.7 Å². The Morgan fingerprint density at radius 2 is 0.474 bits per heavy atom.